The molecule has 0 saturated heterocycles. The Hall–Kier alpha value is -6.74. The second-order valence-electron chi connectivity index (χ2n) is 15.0. The van der Waals surface area contributed by atoms with Gasteiger partial charge in [0.05, 0.1) is 21.2 Å². The van der Waals surface area contributed by atoms with Gasteiger partial charge < -0.3 is 21.3 Å². The van der Waals surface area contributed by atoms with Crippen LogP contribution in [0.1, 0.15) is 70.7 Å². The third-order valence-electron chi connectivity index (χ3n) is 9.79. The molecular formula is C46H36Cl4F6N8O6. The number of carbonyl (C=O) groups excluding carboxylic acids is 6. The number of halogens is 10. The topological polar surface area (TPSA) is 200 Å². The molecule has 0 fully saturated rings. The van der Waals surface area contributed by atoms with Crippen molar-refractivity contribution >= 4 is 116 Å². The Kier molecular flexibility index (Phi) is 17.6. The van der Waals surface area contributed by atoms with Gasteiger partial charge in [-0.05, 0) is 123 Å². The number of nitrogens with one attached hydrogen (secondary N) is 4. The quantitative estimate of drug-likeness (QED) is 0.0430. The normalized spacial score (nSPS) is 12.7. The Labute approximate surface area is 414 Å². The highest BCUT2D eigenvalue weighted by molar-refractivity contribution is 6.34. The number of amides is 4. The molecule has 0 aliphatic rings. The molecule has 0 bridgehead atoms. The smallest absolute Gasteiger partial charge is 0.324 e. The summed E-state index contributed by atoms with van der Waals surface area (Å²) in [6.07, 6.45) is -8.93. The molecule has 0 aliphatic carbocycles. The molecule has 5 aromatic rings. The van der Waals surface area contributed by atoms with E-state index in [1.807, 2.05) is 0 Å². The van der Waals surface area contributed by atoms with Crippen molar-refractivity contribution in [3.05, 3.63) is 138 Å². The molecule has 2 atom stereocenters. The van der Waals surface area contributed by atoms with Crippen molar-refractivity contribution in [1.29, 1.82) is 0 Å². The van der Waals surface area contributed by atoms with Crippen LogP contribution in [0, 0.1) is 0 Å². The number of anilines is 4. The first-order valence-electron chi connectivity index (χ1n) is 20.3. The zero-order chi connectivity index (χ0) is 51.8. The second-order valence-corrected chi connectivity index (χ2v) is 16.7. The number of nitrogens with zero attached hydrogens (tertiary/aromatic N) is 4. The third-order valence-corrected chi connectivity index (χ3v) is 10.9. The van der Waals surface area contributed by atoms with Crippen LogP contribution in [0.3, 0.4) is 0 Å². The molecule has 5 rings (SSSR count). The van der Waals surface area contributed by atoms with E-state index in [9.17, 15) is 55.1 Å². The molecule has 0 radical (unpaired) electrons. The number of azo groups is 2. The van der Waals surface area contributed by atoms with Gasteiger partial charge in [0.1, 0.15) is 11.4 Å². The van der Waals surface area contributed by atoms with Gasteiger partial charge in [-0.25, -0.2) is 0 Å². The lowest BCUT2D eigenvalue weighted by atomic mass is 10.0. The van der Waals surface area contributed by atoms with E-state index in [2.05, 4.69) is 41.7 Å². The fourth-order valence-electron chi connectivity index (χ4n) is 6.36. The minimum atomic E-state index is -4.74. The summed E-state index contributed by atoms with van der Waals surface area (Å²) in [4.78, 5) is 78.7. The Balaban J connectivity index is 1.31. The molecule has 0 spiro atoms. The molecule has 5 aromatic carbocycles. The van der Waals surface area contributed by atoms with Crippen LogP contribution in [0.15, 0.2) is 105 Å². The fourth-order valence-corrected chi connectivity index (χ4v) is 7.14. The summed E-state index contributed by atoms with van der Waals surface area (Å²) in [7, 11) is 0. The van der Waals surface area contributed by atoms with Crippen LogP contribution in [0.2, 0.25) is 20.1 Å². The zero-order valence-corrected chi connectivity index (χ0v) is 39.7. The molecule has 2 unspecified atom stereocenters. The highest BCUT2D eigenvalue weighted by Gasteiger charge is 2.33. The molecule has 366 valence electrons. The van der Waals surface area contributed by atoms with Crippen molar-refractivity contribution in [2.75, 3.05) is 21.3 Å². The van der Waals surface area contributed by atoms with Gasteiger partial charge in [-0.1, -0.05) is 60.3 Å². The minimum absolute atomic E-state index is 0.0539. The van der Waals surface area contributed by atoms with Crippen LogP contribution in [0.5, 0.6) is 0 Å². The predicted molar refractivity (Wildman–Crippen MR) is 252 cm³/mol. The van der Waals surface area contributed by atoms with E-state index in [1.54, 1.807) is 13.8 Å². The van der Waals surface area contributed by atoms with Gasteiger partial charge in [0.15, 0.2) is 11.6 Å². The summed E-state index contributed by atoms with van der Waals surface area (Å²) in [5, 5.41) is 24.9. The minimum Gasteiger partial charge on any atom is -0.324 e. The van der Waals surface area contributed by atoms with Gasteiger partial charge in [0.2, 0.25) is 12.1 Å². The van der Waals surface area contributed by atoms with Crippen LogP contribution in [-0.2, 0) is 44.4 Å². The van der Waals surface area contributed by atoms with Crippen molar-refractivity contribution in [2.45, 2.75) is 65.0 Å². The molecule has 24 heteroatoms. The maximum Gasteiger partial charge on any atom is 0.416 e. The molecule has 70 heavy (non-hydrogen) atoms. The van der Waals surface area contributed by atoms with Crippen molar-refractivity contribution in [2.24, 2.45) is 20.5 Å². The van der Waals surface area contributed by atoms with E-state index in [1.165, 1.54) is 36.4 Å². The van der Waals surface area contributed by atoms with Crippen LogP contribution in [-0.4, -0.2) is 47.3 Å². The Morgan fingerprint density at radius 1 is 0.514 bits per heavy atom. The number of hydrogen-bond donors (Lipinski definition) is 4. The van der Waals surface area contributed by atoms with E-state index in [0.717, 1.165) is 38.1 Å². The number of hydrogen-bond acceptors (Lipinski definition) is 10. The Morgan fingerprint density at radius 2 is 0.886 bits per heavy atom. The molecule has 4 amide bonds. The first kappa shape index (κ1) is 54.2. The number of carbonyl (C=O) groups is 6. The first-order chi connectivity index (χ1) is 32.8. The first-order valence-corrected chi connectivity index (χ1v) is 21.9. The highest BCUT2D eigenvalue weighted by Crippen LogP contribution is 2.36. The highest BCUT2D eigenvalue weighted by atomic mass is 35.5. The lowest BCUT2D eigenvalue weighted by Gasteiger charge is -2.19. The molecule has 0 aromatic heterocycles. The second kappa shape index (κ2) is 22.8. The van der Waals surface area contributed by atoms with E-state index in [4.69, 9.17) is 46.4 Å². The standard InChI is InChI=1S/C46H36Cl4F6N8O6/c1-5-23-11-31(59-43(69)38(21(3)65)63-61-36-13-25(7-9-34(36)49)41(67)57-32-17-27(45(51,52)53)15-29(47)19-32)12-24(6-2)40(23)60-44(70)39(22(4)66)64-62-37-14-26(8-10-35(37)50)42(68)58-33-18-28(46(54,55)56)16-30(48)20-33/h7-20,38-39H,5-6H2,1-4H3,(H,57,67)(H,58,68)(H,59,69)(H,60,70). The monoisotopic (exact) mass is 1050 g/mol. The van der Waals surface area contributed by atoms with Gasteiger partial charge in [-0.2, -0.15) is 46.8 Å². The maximum absolute atomic E-state index is 13.7. The molecule has 14 nitrogen and oxygen atoms in total. The largest absolute Gasteiger partial charge is 0.416 e. The van der Waals surface area contributed by atoms with Gasteiger partial charge in [-0.3, -0.25) is 28.8 Å². The van der Waals surface area contributed by atoms with Crippen molar-refractivity contribution in [3.8, 4) is 0 Å². The Morgan fingerprint density at radius 3 is 1.24 bits per heavy atom. The molecule has 0 aliphatic heterocycles. The number of alkyl halides is 6. The fraction of sp³-hybridized carbons (Fsp3) is 0.217. The molecule has 0 saturated carbocycles. The van der Waals surface area contributed by atoms with Gasteiger partial charge in [-0.15, -0.1) is 0 Å². The van der Waals surface area contributed by atoms with Crippen LogP contribution in [0.25, 0.3) is 0 Å². The average Bonchev–Trinajstić information content (AvgIpc) is 3.26. The van der Waals surface area contributed by atoms with Crippen molar-refractivity contribution < 1.29 is 55.1 Å². The maximum atomic E-state index is 13.7. The summed E-state index contributed by atoms with van der Waals surface area (Å²) >= 11 is 24.2. The van der Waals surface area contributed by atoms with Crippen LogP contribution in [0.4, 0.5) is 60.5 Å². The molecular weight excluding hydrogens is 1020 g/mol. The average molecular weight is 1050 g/mol. The van der Waals surface area contributed by atoms with E-state index in [-0.39, 0.29) is 78.2 Å². The van der Waals surface area contributed by atoms with Gasteiger partial charge >= 0.3 is 12.4 Å². The number of rotatable bonds is 16. The zero-order valence-electron chi connectivity index (χ0n) is 36.7. The number of Topliss-reactive ketones (excluding diaryl/α,β-unsaturated/α-hetero) is 2. The lowest BCUT2D eigenvalue weighted by Crippen LogP contribution is -2.33. The van der Waals surface area contributed by atoms with Crippen molar-refractivity contribution in [3.63, 3.8) is 0 Å². The number of ketones is 2. The summed E-state index contributed by atoms with van der Waals surface area (Å²) < 4.78 is 79.9. The van der Waals surface area contributed by atoms with Crippen LogP contribution >= 0.6 is 46.4 Å². The van der Waals surface area contributed by atoms with Crippen LogP contribution < -0.4 is 21.3 Å². The van der Waals surface area contributed by atoms with Crippen molar-refractivity contribution in [1.82, 2.24) is 0 Å². The summed E-state index contributed by atoms with van der Waals surface area (Å²) in [6, 6.07) is 11.8. The predicted octanol–water partition coefficient (Wildman–Crippen LogP) is 13.3. The van der Waals surface area contributed by atoms with Gasteiger partial charge in [0.25, 0.3) is 23.6 Å². The van der Waals surface area contributed by atoms with E-state index >= 15 is 0 Å². The number of benzene rings is 5. The summed E-state index contributed by atoms with van der Waals surface area (Å²) in [5.41, 5.74) is -1.85. The SMILES string of the molecule is CCc1cc(NC(=O)C(N=Nc2cc(C(=O)Nc3cc(Cl)cc(C(F)(F)F)c3)ccc2Cl)C(C)=O)cc(CC)c1NC(=O)C(N=Nc1cc(C(=O)Nc2cc(Cl)cc(C(F)(F)F)c2)ccc1Cl)C(C)=O. The van der Waals surface area contributed by atoms with E-state index < -0.39 is 70.8 Å². The molecule has 4 N–H and O–H groups in total. The lowest BCUT2D eigenvalue weighted by molar-refractivity contribution is -0.138. The third kappa shape index (κ3) is 14.2. The number of aryl methyl sites for hydroxylation is 2. The Bertz CT molecular complexity index is 2940. The van der Waals surface area contributed by atoms with E-state index in [0.29, 0.717) is 35.4 Å². The summed E-state index contributed by atoms with van der Waals surface area (Å²) in [5.74, 6) is -5.07. The van der Waals surface area contributed by atoms with Gasteiger partial charge in [0, 0.05) is 43.9 Å². The molecule has 0 heterocycles. The summed E-state index contributed by atoms with van der Waals surface area (Å²) in [6.45, 7) is 5.64.